The van der Waals surface area contributed by atoms with Crippen molar-refractivity contribution in [2.24, 2.45) is 0 Å². The minimum atomic E-state index is -1.21. The number of aromatic carboxylic acids is 1. The van der Waals surface area contributed by atoms with Crippen molar-refractivity contribution in [2.75, 3.05) is 0 Å². The molecule has 0 bridgehead atoms. The quantitative estimate of drug-likeness (QED) is 0.846. The monoisotopic (exact) mass is 221 g/mol. The fourth-order valence-corrected chi connectivity index (χ4v) is 1.33. The van der Waals surface area contributed by atoms with Gasteiger partial charge in [0, 0.05) is 6.07 Å². The molecular formula is C11H8FNO3. The molecule has 0 amide bonds. The van der Waals surface area contributed by atoms with Gasteiger partial charge in [0.05, 0.1) is 5.56 Å². The minimum Gasteiger partial charge on any atom is -0.476 e. The average molecular weight is 221 g/mol. The third-order valence-electron chi connectivity index (χ3n) is 2.12. The highest BCUT2D eigenvalue weighted by molar-refractivity contribution is 5.86. The maximum absolute atomic E-state index is 13.4. The third-order valence-corrected chi connectivity index (χ3v) is 2.12. The van der Waals surface area contributed by atoms with Gasteiger partial charge in [-0.1, -0.05) is 16.8 Å². The van der Waals surface area contributed by atoms with Crippen LogP contribution in [-0.2, 0) is 0 Å². The van der Waals surface area contributed by atoms with Gasteiger partial charge in [-0.25, -0.2) is 9.18 Å². The number of benzene rings is 1. The number of carboxylic acids is 1. The summed E-state index contributed by atoms with van der Waals surface area (Å²) in [6, 6.07) is 5.68. The van der Waals surface area contributed by atoms with Crippen LogP contribution >= 0.6 is 0 Å². The van der Waals surface area contributed by atoms with Gasteiger partial charge >= 0.3 is 5.97 Å². The molecule has 0 aliphatic heterocycles. The van der Waals surface area contributed by atoms with Crippen LogP contribution in [0.4, 0.5) is 4.39 Å². The van der Waals surface area contributed by atoms with Crippen LogP contribution < -0.4 is 0 Å². The summed E-state index contributed by atoms with van der Waals surface area (Å²) in [5, 5.41) is 12.0. The fourth-order valence-electron chi connectivity index (χ4n) is 1.33. The number of halogens is 1. The summed E-state index contributed by atoms with van der Waals surface area (Å²) in [6.07, 6.45) is 0. The van der Waals surface area contributed by atoms with Gasteiger partial charge in [-0.15, -0.1) is 0 Å². The number of carbonyl (C=O) groups is 1. The Morgan fingerprint density at radius 3 is 2.81 bits per heavy atom. The molecule has 16 heavy (non-hydrogen) atoms. The highest BCUT2D eigenvalue weighted by Crippen LogP contribution is 2.24. The summed E-state index contributed by atoms with van der Waals surface area (Å²) in [5.74, 6) is -1.57. The van der Waals surface area contributed by atoms with E-state index in [1.54, 1.807) is 19.1 Å². The molecule has 82 valence electrons. The van der Waals surface area contributed by atoms with E-state index in [0.717, 1.165) is 5.56 Å². The van der Waals surface area contributed by atoms with Crippen LogP contribution in [0, 0.1) is 12.7 Å². The first-order valence-corrected chi connectivity index (χ1v) is 4.54. The number of hydrogen-bond acceptors (Lipinski definition) is 3. The van der Waals surface area contributed by atoms with E-state index in [1.807, 2.05) is 0 Å². The molecule has 0 fully saturated rings. The lowest BCUT2D eigenvalue weighted by Crippen LogP contribution is -1.94. The zero-order valence-electron chi connectivity index (χ0n) is 8.40. The smallest absolute Gasteiger partial charge is 0.358 e. The van der Waals surface area contributed by atoms with E-state index in [2.05, 4.69) is 5.16 Å². The summed E-state index contributed by atoms with van der Waals surface area (Å²) in [5.41, 5.74) is 0.820. The molecule has 4 nitrogen and oxygen atoms in total. The Balaban J connectivity index is 2.50. The molecule has 1 aromatic heterocycles. The Hall–Kier alpha value is -2.17. The minimum absolute atomic E-state index is 0.110. The molecule has 0 radical (unpaired) electrons. The van der Waals surface area contributed by atoms with Gasteiger partial charge in [0.2, 0.25) is 0 Å². The molecule has 0 aliphatic carbocycles. The zero-order chi connectivity index (χ0) is 11.7. The van der Waals surface area contributed by atoms with E-state index in [1.165, 1.54) is 12.1 Å². The summed E-state index contributed by atoms with van der Waals surface area (Å²) in [7, 11) is 0. The van der Waals surface area contributed by atoms with Crippen molar-refractivity contribution in [1.29, 1.82) is 0 Å². The Morgan fingerprint density at radius 2 is 2.19 bits per heavy atom. The lowest BCUT2D eigenvalue weighted by atomic mass is 10.1. The number of aromatic nitrogens is 1. The summed E-state index contributed by atoms with van der Waals surface area (Å²) >= 11 is 0. The second-order valence-corrected chi connectivity index (χ2v) is 3.36. The van der Waals surface area contributed by atoms with E-state index < -0.39 is 11.8 Å². The lowest BCUT2D eigenvalue weighted by Gasteiger charge is -1.99. The van der Waals surface area contributed by atoms with E-state index in [9.17, 15) is 9.18 Å². The first-order chi connectivity index (χ1) is 7.58. The van der Waals surface area contributed by atoms with Crippen LogP contribution in [0.15, 0.2) is 28.8 Å². The molecule has 0 aliphatic rings. The van der Waals surface area contributed by atoms with Gasteiger partial charge in [0.25, 0.3) is 0 Å². The van der Waals surface area contributed by atoms with Crippen LogP contribution in [0.1, 0.15) is 16.1 Å². The zero-order valence-corrected chi connectivity index (χ0v) is 8.40. The predicted molar refractivity (Wildman–Crippen MR) is 53.6 cm³/mol. The average Bonchev–Trinajstić information content (AvgIpc) is 2.70. The van der Waals surface area contributed by atoms with Gasteiger partial charge in [0.1, 0.15) is 5.82 Å². The number of aryl methyl sites for hydroxylation is 1. The SMILES string of the molecule is Cc1ccc(F)c(-c2cc(C(=O)O)no2)c1. The van der Waals surface area contributed by atoms with Crippen LogP contribution in [0.2, 0.25) is 0 Å². The third kappa shape index (κ3) is 1.79. The molecule has 0 unspecified atom stereocenters. The summed E-state index contributed by atoms with van der Waals surface area (Å²) in [4.78, 5) is 10.6. The molecule has 5 heteroatoms. The molecule has 0 saturated carbocycles. The Morgan fingerprint density at radius 1 is 1.44 bits per heavy atom. The highest BCUT2D eigenvalue weighted by atomic mass is 19.1. The second kappa shape index (κ2) is 3.77. The maximum atomic E-state index is 13.4. The second-order valence-electron chi connectivity index (χ2n) is 3.36. The molecule has 2 aromatic rings. The number of carboxylic acid groups (broad SMARTS) is 1. The highest BCUT2D eigenvalue weighted by Gasteiger charge is 2.14. The first-order valence-electron chi connectivity index (χ1n) is 4.54. The number of nitrogens with zero attached hydrogens (tertiary/aromatic N) is 1. The van der Waals surface area contributed by atoms with Crippen molar-refractivity contribution in [3.63, 3.8) is 0 Å². The lowest BCUT2D eigenvalue weighted by molar-refractivity contribution is 0.0686. The normalized spacial score (nSPS) is 10.4. The molecule has 0 spiro atoms. The topological polar surface area (TPSA) is 63.3 Å². The van der Waals surface area contributed by atoms with Crippen molar-refractivity contribution < 1.29 is 18.8 Å². The van der Waals surface area contributed by atoms with Crippen molar-refractivity contribution in [3.05, 3.63) is 41.3 Å². The van der Waals surface area contributed by atoms with Crippen LogP contribution in [0.25, 0.3) is 11.3 Å². The van der Waals surface area contributed by atoms with E-state index in [-0.39, 0.29) is 17.0 Å². The first kappa shape index (κ1) is 10.4. The van der Waals surface area contributed by atoms with Crippen molar-refractivity contribution in [2.45, 2.75) is 6.92 Å². The Labute approximate surface area is 90.3 Å². The fraction of sp³-hybridized carbons (Fsp3) is 0.0909. The summed E-state index contributed by atoms with van der Waals surface area (Å²) in [6.45, 7) is 1.80. The van der Waals surface area contributed by atoms with Gasteiger partial charge in [0.15, 0.2) is 11.5 Å². The molecule has 1 aromatic carbocycles. The van der Waals surface area contributed by atoms with Gasteiger partial charge in [-0.05, 0) is 19.1 Å². The maximum Gasteiger partial charge on any atom is 0.358 e. The van der Waals surface area contributed by atoms with Gasteiger partial charge < -0.3 is 9.63 Å². The molecule has 0 atom stereocenters. The van der Waals surface area contributed by atoms with E-state index in [0.29, 0.717) is 0 Å². The van der Waals surface area contributed by atoms with E-state index >= 15 is 0 Å². The molecule has 0 saturated heterocycles. The van der Waals surface area contributed by atoms with Gasteiger partial charge in [-0.2, -0.15) is 0 Å². The van der Waals surface area contributed by atoms with Crippen molar-refractivity contribution >= 4 is 5.97 Å². The Kier molecular flexibility index (Phi) is 2.44. The van der Waals surface area contributed by atoms with Crippen LogP contribution in [0.5, 0.6) is 0 Å². The van der Waals surface area contributed by atoms with Gasteiger partial charge in [-0.3, -0.25) is 0 Å². The van der Waals surface area contributed by atoms with Crippen molar-refractivity contribution in [3.8, 4) is 11.3 Å². The predicted octanol–water partition coefficient (Wildman–Crippen LogP) is 2.49. The molecular weight excluding hydrogens is 213 g/mol. The Bertz CT molecular complexity index is 548. The standard InChI is InChI=1S/C11H8FNO3/c1-6-2-3-8(12)7(4-6)10-5-9(11(14)15)13-16-10/h2-5H,1H3,(H,14,15). The largest absolute Gasteiger partial charge is 0.476 e. The number of rotatable bonds is 2. The number of hydrogen-bond donors (Lipinski definition) is 1. The molecule has 1 heterocycles. The molecule has 2 rings (SSSR count). The van der Waals surface area contributed by atoms with Crippen molar-refractivity contribution in [1.82, 2.24) is 5.16 Å². The van der Waals surface area contributed by atoms with Crippen LogP contribution in [-0.4, -0.2) is 16.2 Å². The van der Waals surface area contributed by atoms with E-state index in [4.69, 9.17) is 9.63 Å². The molecule has 1 N–H and O–H groups in total. The van der Waals surface area contributed by atoms with Crippen LogP contribution in [0.3, 0.4) is 0 Å². The summed E-state index contributed by atoms with van der Waals surface area (Å²) < 4.78 is 18.2.